The number of hydrogen-bond acceptors (Lipinski definition) is 5. The van der Waals surface area contributed by atoms with Gasteiger partial charge in [0.2, 0.25) is 5.89 Å². The van der Waals surface area contributed by atoms with Crippen LogP contribution in [0.15, 0.2) is 23.0 Å². The van der Waals surface area contributed by atoms with E-state index in [4.69, 9.17) is 4.52 Å². The summed E-state index contributed by atoms with van der Waals surface area (Å²) < 4.78 is 19.3. The summed E-state index contributed by atoms with van der Waals surface area (Å²) >= 11 is 0. The Kier molecular flexibility index (Phi) is 3.18. The maximum atomic E-state index is 13.9. The van der Waals surface area contributed by atoms with Crippen LogP contribution in [0, 0.1) is 18.7 Å². The highest BCUT2D eigenvalue weighted by atomic mass is 19.1. The molecule has 2 aromatic rings. The largest absolute Gasteiger partial charge is 0.339 e. The molecule has 1 saturated carbocycles. The third-order valence-electron chi connectivity index (χ3n) is 5.11. The Labute approximate surface area is 132 Å². The van der Waals surface area contributed by atoms with Crippen molar-refractivity contribution in [2.24, 2.45) is 5.92 Å². The van der Waals surface area contributed by atoms with Crippen LogP contribution in [0.1, 0.15) is 41.3 Å². The highest BCUT2D eigenvalue weighted by Gasteiger charge is 2.55. The lowest BCUT2D eigenvalue weighted by Gasteiger charge is -2.24. The van der Waals surface area contributed by atoms with Crippen molar-refractivity contribution in [2.75, 3.05) is 13.1 Å². The molecule has 2 aliphatic rings. The van der Waals surface area contributed by atoms with Crippen LogP contribution in [0.3, 0.4) is 0 Å². The Hall–Kier alpha value is -2.31. The summed E-state index contributed by atoms with van der Waals surface area (Å²) in [5, 5.41) is 3.90. The van der Waals surface area contributed by atoms with Crippen molar-refractivity contribution in [1.82, 2.24) is 20.0 Å². The number of nitrogens with zero attached hydrogens (tertiary/aromatic N) is 4. The predicted octanol–water partition coefficient (Wildman–Crippen LogP) is 2.11. The number of rotatable bonds is 2. The number of carbonyl (C=O) groups excluding carboxylic acids is 1. The van der Waals surface area contributed by atoms with Gasteiger partial charge in [0.15, 0.2) is 11.6 Å². The highest BCUT2D eigenvalue weighted by molar-refractivity contribution is 5.94. The van der Waals surface area contributed by atoms with Gasteiger partial charge in [-0.25, -0.2) is 4.39 Å². The van der Waals surface area contributed by atoms with Crippen molar-refractivity contribution in [3.63, 3.8) is 0 Å². The third kappa shape index (κ3) is 2.14. The van der Waals surface area contributed by atoms with E-state index in [1.165, 1.54) is 12.3 Å². The highest BCUT2D eigenvalue weighted by Crippen LogP contribution is 2.50. The van der Waals surface area contributed by atoms with Crippen molar-refractivity contribution in [3.05, 3.63) is 41.6 Å². The number of carbonyl (C=O) groups is 1. The molecule has 2 aromatic heterocycles. The van der Waals surface area contributed by atoms with E-state index >= 15 is 0 Å². The van der Waals surface area contributed by atoms with Crippen LogP contribution in [0.4, 0.5) is 4.39 Å². The van der Waals surface area contributed by atoms with Gasteiger partial charge in [0, 0.05) is 19.3 Å². The number of hydrogen-bond donors (Lipinski definition) is 0. The van der Waals surface area contributed by atoms with Gasteiger partial charge in [-0.1, -0.05) is 11.6 Å². The molecule has 1 amide bonds. The molecular weight excluding hydrogens is 299 g/mol. The van der Waals surface area contributed by atoms with Gasteiger partial charge in [-0.2, -0.15) is 4.98 Å². The Morgan fingerprint density at radius 2 is 2.39 bits per heavy atom. The second-order valence-corrected chi connectivity index (χ2v) is 6.43. The summed E-state index contributed by atoms with van der Waals surface area (Å²) in [6.45, 7) is 2.89. The lowest BCUT2D eigenvalue weighted by Crippen LogP contribution is -2.35. The third-order valence-corrected chi connectivity index (χ3v) is 5.11. The average molecular weight is 316 g/mol. The van der Waals surface area contributed by atoms with Crippen molar-refractivity contribution in [2.45, 2.75) is 31.6 Å². The molecule has 23 heavy (non-hydrogen) atoms. The van der Waals surface area contributed by atoms with Crippen molar-refractivity contribution < 1.29 is 13.7 Å². The molecule has 2 fully saturated rings. The van der Waals surface area contributed by atoms with Gasteiger partial charge in [-0.3, -0.25) is 9.78 Å². The zero-order chi connectivity index (χ0) is 16.0. The second-order valence-electron chi connectivity index (χ2n) is 6.43. The summed E-state index contributed by atoms with van der Waals surface area (Å²) in [7, 11) is 0. The van der Waals surface area contributed by atoms with Crippen LogP contribution in [0.2, 0.25) is 0 Å². The number of aryl methyl sites for hydroxylation is 1. The van der Waals surface area contributed by atoms with E-state index in [1.54, 1.807) is 11.8 Å². The summed E-state index contributed by atoms with van der Waals surface area (Å²) in [6.07, 6.45) is 5.52. The van der Waals surface area contributed by atoms with E-state index in [9.17, 15) is 9.18 Å². The molecular formula is C16H17FN4O2. The number of pyridine rings is 1. The van der Waals surface area contributed by atoms with Crippen LogP contribution in [-0.2, 0) is 5.41 Å². The normalized spacial score (nSPS) is 26.5. The first kappa shape index (κ1) is 14.3. The number of likely N-dealkylation sites (tertiary alicyclic amines) is 1. The maximum Gasteiger partial charge on any atom is 0.256 e. The summed E-state index contributed by atoms with van der Waals surface area (Å²) in [5.41, 5.74) is -0.211. The molecule has 0 bridgehead atoms. The maximum absolute atomic E-state index is 13.9. The first-order chi connectivity index (χ1) is 11.1. The Bertz CT molecular complexity index is 762. The van der Waals surface area contributed by atoms with Crippen LogP contribution < -0.4 is 0 Å². The zero-order valence-electron chi connectivity index (χ0n) is 12.8. The smallest absolute Gasteiger partial charge is 0.256 e. The molecule has 1 aliphatic carbocycles. The average Bonchev–Trinajstić information content (AvgIpc) is 3.20. The van der Waals surface area contributed by atoms with Crippen LogP contribution in [0.25, 0.3) is 0 Å². The van der Waals surface area contributed by atoms with E-state index in [0.717, 1.165) is 25.5 Å². The zero-order valence-corrected chi connectivity index (χ0v) is 12.8. The van der Waals surface area contributed by atoms with E-state index in [-0.39, 0.29) is 22.8 Å². The lowest BCUT2D eigenvalue weighted by molar-refractivity contribution is 0.0770. The molecule has 0 N–H and O–H groups in total. The van der Waals surface area contributed by atoms with E-state index in [0.29, 0.717) is 24.8 Å². The molecule has 0 radical (unpaired) electrons. The number of amides is 1. The molecule has 1 aliphatic heterocycles. The molecule has 0 unspecified atom stereocenters. The van der Waals surface area contributed by atoms with E-state index in [2.05, 4.69) is 15.1 Å². The molecule has 4 rings (SSSR count). The van der Waals surface area contributed by atoms with Gasteiger partial charge >= 0.3 is 0 Å². The van der Waals surface area contributed by atoms with Gasteiger partial charge in [-0.15, -0.1) is 0 Å². The molecule has 120 valence electrons. The lowest BCUT2D eigenvalue weighted by atomic mass is 9.80. The topological polar surface area (TPSA) is 72.1 Å². The molecule has 2 atom stereocenters. The number of halogens is 1. The van der Waals surface area contributed by atoms with Gasteiger partial charge in [0.05, 0.1) is 17.2 Å². The minimum atomic E-state index is -0.586. The Morgan fingerprint density at radius 1 is 1.52 bits per heavy atom. The molecule has 0 spiro atoms. The van der Waals surface area contributed by atoms with Gasteiger partial charge in [-0.05, 0) is 31.7 Å². The fraction of sp³-hybridized carbons (Fsp3) is 0.500. The van der Waals surface area contributed by atoms with E-state index < -0.39 is 5.82 Å². The minimum Gasteiger partial charge on any atom is -0.339 e. The van der Waals surface area contributed by atoms with Crippen LogP contribution >= 0.6 is 0 Å². The summed E-state index contributed by atoms with van der Waals surface area (Å²) in [6, 6.07) is 1.43. The van der Waals surface area contributed by atoms with Gasteiger partial charge < -0.3 is 9.42 Å². The Balaban J connectivity index is 1.65. The number of aromatic nitrogens is 3. The van der Waals surface area contributed by atoms with Crippen molar-refractivity contribution in [1.29, 1.82) is 0 Å². The van der Waals surface area contributed by atoms with Gasteiger partial charge in [0.1, 0.15) is 0 Å². The SMILES string of the molecule is Cc1noc([C@]23CCC[C@H]2CN(C(=O)c2ccncc2F)C3)n1. The molecule has 6 nitrogen and oxygen atoms in total. The molecule has 1 saturated heterocycles. The monoisotopic (exact) mass is 316 g/mol. The van der Waals surface area contributed by atoms with Gasteiger partial charge in [0.25, 0.3) is 5.91 Å². The fourth-order valence-corrected chi connectivity index (χ4v) is 4.01. The minimum absolute atomic E-state index is 0.0665. The standard InChI is InChI=1S/C16H17FN4O2/c1-10-19-15(23-20-10)16-5-2-3-11(16)8-21(9-16)14(22)12-4-6-18-7-13(12)17/h4,6-7,11H,2-3,5,8-9H2,1H3/t11-,16-/m0/s1. The van der Waals surface area contributed by atoms with Crippen LogP contribution in [-0.4, -0.2) is 39.0 Å². The van der Waals surface area contributed by atoms with E-state index in [1.807, 2.05) is 0 Å². The Morgan fingerprint density at radius 3 is 3.13 bits per heavy atom. The van der Waals surface area contributed by atoms with Crippen molar-refractivity contribution in [3.8, 4) is 0 Å². The number of fused-ring (bicyclic) bond motifs is 1. The van der Waals surface area contributed by atoms with Crippen LogP contribution in [0.5, 0.6) is 0 Å². The predicted molar refractivity (Wildman–Crippen MR) is 78.2 cm³/mol. The fourth-order valence-electron chi connectivity index (χ4n) is 4.01. The second kappa shape index (κ2) is 5.11. The quantitative estimate of drug-likeness (QED) is 0.848. The summed E-state index contributed by atoms with van der Waals surface area (Å²) in [5.74, 6) is 0.622. The first-order valence-corrected chi connectivity index (χ1v) is 7.80. The molecule has 7 heteroatoms. The summed E-state index contributed by atoms with van der Waals surface area (Å²) in [4.78, 5) is 22.5. The van der Waals surface area contributed by atoms with Crippen molar-refractivity contribution >= 4 is 5.91 Å². The molecule has 0 aromatic carbocycles. The first-order valence-electron chi connectivity index (χ1n) is 7.80. The molecule has 3 heterocycles.